The number of aliphatic hydroxyl groups is 1. The van der Waals surface area contributed by atoms with E-state index in [1.165, 1.54) is 0 Å². The van der Waals surface area contributed by atoms with Gasteiger partial charge in [0, 0.05) is 33.2 Å². The first-order chi connectivity index (χ1) is 13.5. The van der Waals surface area contributed by atoms with Gasteiger partial charge in [0.2, 0.25) is 5.91 Å². The highest BCUT2D eigenvalue weighted by Gasteiger charge is 2.38. The molecule has 0 aromatic heterocycles. The van der Waals surface area contributed by atoms with E-state index in [9.17, 15) is 9.90 Å². The van der Waals surface area contributed by atoms with Crippen molar-refractivity contribution in [2.24, 2.45) is 0 Å². The fourth-order valence-electron chi connectivity index (χ4n) is 3.97. The molecule has 2 fully saturated rings. The number of ether oxygens (including phenoxy) is 3. The Labute approximate surface area is 167 Å². The van der Waals surface area contributed by atoms with Crippen LogP contribution in [0.3, 0.4) is 0 Å². The van der Waals surface area contributed by atoms with E-state index in [0.29, 0.717) is 26.2 Å². The molecule has 7 heteroatoms. The zero-order chi connectivity index (χ0) is 20.1. The molecule has 0 bridgehead atoms. The lowest BCUT2D eigenvalue weighted by atomic mass is 9.94. The smallest absolute Gasteiger partial charge is 0.224 e. The minimum Gasteiger partial charge on any atom is -0.497 e. The van der Waals surface area contributed by atoms with Gasteiger partial charge in [0.05, 0.1) is 45.1 Å². The van der Waals surface area contributed by atoms with Gasteiger partial charge in [-0.1, -0.05) is 12.1 Å². The predicted octanol–water partition coefficient (Wildman–Crippen LogP) is 1.28. The molecule has 2 heterocycles. The zero-order valence-corrected chi connectivity index (χ0v) is 17.0. The summed E-state index contributed by atoms with van der Waals surface area (Å²) in [6, 6.07) is 8.17. The Bertz CT molecular complexity index is 636. The molecule has 4 atom stereocenters. The molecule has 0 radical (unpaired) electrons. The van der Waals surface area contributed by atoms with Crippen molar-refractivity contribution in [3.63, 3.8) is 0 Å². The van der Waals surface area contributed by atoms with Crippen molar-refractivity contribution in [2.45, 2.75) is 50.2 Å². The van der Waals surface area contributed by atoms with Crippen molar-refractivity contribution in [1.29, 1.82) is 0 Å². The van der Waals surface area contributed by atoms with Crippen LogP contribution in [-0.4, -0.2) is 86.1 Å². The molecule has 0 aliphatic carbocycles. The standard InChI is InChI=1S/C21H32N2O5/c1-22(2)21(25)10-18-8-9-19-20(28-18)14-27-13-16(24)12-23(19)11-15-4-6-17(26-3)7-5-15/h4-7,16,18-20,24H,8-14H2,1-3H3/t16-,18-,19-,20+/m1/s1. The maximum atomic E-state index is 12.1. The molecule has 2 aliphatic heterocycles. The molecular weight excluding hydrogens is 360 g/mol. The first kappa shape index (κ1) is 21.0. The van der Waals surface area contributed by atoms with Gasteiger partial charge < -0.3 is 24.2 Å². The highest BCUT2D eigenvalue weighted by Crippen LogP contribution is 2.29. The number of nitrogens with zero attached hydrogens (tertiary/aromatic N) is 2. The fourth-order valence-corrected chi connectivity index (χ4v) is 3.97. The number of carbonyl (C=O) groups is 1. The van der Waals surface area contributed by atoms with Crippen LogP contribution in [-0.2, 0) is 20.8 Å². The molecular formula is C21H32N2O5. The van der Waals surface area contributed by atoms with Crippen molar-refractivity contribution in [2.75, 3.05) is 41.0 Å². The third-order valence-electron chi connectivity index (χ3n) is 5.53. The summed E-state index contributed by atoms with van der Waals surface area (Å²) >= 11 is 0. The third kappa shape index (κ3) is 5.44. The van der Waals surface area contributed by atoms with Crippen molar-refractivity contribution < 1.29 is 24.1 Å². The lowest BCUT2D eigenvalue weighted by Crippen LogP contribution is -2.55. The van der Waals surface area contributed by atoms with Gasteiger partial charge >= 0.3 is 0 Å². The van der Waals surface area contributed by atoms with E-state index in [1.54, 1.807) is 26.1 Å². The third-order valence-corrected chi connectivity index (χ3v) is 5.53. The molecule has 156 valence electrons. The van der Waals surface area contributed by atoms with Crippen LogP contribution in [0.2, 0.25) is 0 Å². The van der Waals surface area contributed by atoms with E-state index in [4.69, 9.17) is 14.2 Å². The second-order valence-electron chi connectivity index (χ2n) is 7.90. The van der Waals surface area contributed by atoms with E-state index in [1.807, 2.05) is 12.1 Å². The van der Waals surface area contributed by atoms with Crippen molar-refractivity contribution in [3.05, 3.63) is 29.8 Å². The number of fused-ring (bicyclic) bond motifs is 1. The van der Waals surface area contributed by atoms with E-state index < -0.39 is 6.10 Å². The number of methoxy groups -OCH3 is 1. The van der Waals surface area contributed by atoms with Crippen LogP contribution in [0, 0.1) is 0 Å². The number of benzene rings is 1. The maximum Gasteiger partial charge on any atom is 0.224 e. The Morgan fingerprint density at radius 2 is 2.00 bits per heavy atom. The quantitative estimate of drug-likeness (QED) is 0.814. The molecule has 1 aromatic rings. The highest BCUT2D eigenvalue weighted by molar-refractivity contribution is 5.76. The predicted molar refractivity (Wildman–Crippen MR) is 105 cm³/mol. The summed E-state index contributed by atoms with van der Waals surface area (Å²) in [4.78, 5) is 16.0. The zero-order valence-electron chi connectivity index (χ0n) is 17.0. The molecule has 3 rings (SSSR count). The van der Waals surface area contributed by atoms with Crippen LogP contribution in [0.15, 0.2) is 24.3 Å². The van der Waals surface area contributed by atoms with E-state index in [0.717, 1.165) is 30.7 Å². The Balaban J connectivity index is 1.69. The van der Waals surface area contributed by atoms with Gasteiger partial charge in [0.25, 0.3) is 0 Å². The van der Waals surface area contributed by atoms with Crippen LogP contribution in [0.25, 0.3) is 0 Å². The molecule has 2 saturated heterocycles. The molecule has 0 saturated carbocycles. The Morgan fingerprint density at radius 3 is 2.68 bits per heavy atom. The number of aliphatic hydroxyl groups excluding tert-OH is 1. The van der Waals surface area contributed by atoms with Crippen LogP contribution in [0.5, 0.6) is 5.75 Å². The Morgan fingerprint density at radius 1 is 1.25 bits per heavy atom. The lowest BCUT2D eigenvalue weighted by molar-refractivity contribution is -0.160. The summed E-state index contributed by atoms with van der Waals surface area (Å²) in [6.45, 7) is 2.01. The molecule has 0 unspecified atom stereocenters. The average molecular weight is 392 g/mol. The molecule has 2 aliphatic rings. The Hall–Kier alpha value is -1.67. The summed E-state index contributed by atoms with van der Waals surface area (Å²) < 4.78 is 17.2. The number of carbonyl (C=O) groups excluding carboxylic acids is 1. The van der Waals surface area contributed by atoms with Crippen LogP contribution in [0.4, 0.5) is 0 Å². The monoisotopic (exact) mass is 392 g/mol. The first-order valence-corrected chi connectivity index (χ1v) is 9.94. The van der Waals surface area contributed by atoms with Gasteiger partial charge in [0.15, 0.2) is 0 Å². The van der Waals surface area contributed by atoms with Gasteiger partial charge in [-0.15, -0.1) is 0 Å². The molecule has 1 N–H and O–H groups in total. The molecule has 0 spiro atoms. The van der Waals surface area contributed by atoms with Gasteiger partial charge in [-0.2, -0.15) is 0 Å². The van der Waals surface area contributed by atoms with E-state index in [-0.39, 0.29) is 24.2 Å². The van der Waals surface area contributed by atoms with Crippen LogP contribution in [0.1, 0.15) is 24.8 Å². The summed E-state index contributed by atoms with van der Waals surface area (Å²) in [5, 5.41) is 10.3. The van der Waals surface area contributed by atoms with Crippen molar-refractivity contribution in [1.82, 2.24) is 9.80 Å². The molecule has 28 heavy (non-hydrogen) atoms. The topological polar surface area (TPSA) is 71.5 Å². The number of hydrogen-bond donors (Lipinski definition) is 1. The highest BCUT2D eigenvalue weighted by atomic mass is 16.5. The molecule has 1 amide bonds. The largest absolute Gasteiger partial charge is 0.497 e. The van der Waals surface area contributed by atoms with Gasteiger partial charge in [0.1, 0.15) is 5.75 Å². The average Bonchev–Trinajstić information content (AvgIpc) is 2.67. The minimum absolute atomic E-state index is 0.0769. The van der Waals surface area contributed by atoms with Crippen molar-refractivity contribution >= 4 is 5.91 Å². The van der Waals surface area contributed by atoms with E-state index in [2.05, 4.69) is 17.0 Å². The first-order valence-electron chi connectivity index (χ1n) is 9.94. The van der Waals surface area contributed by atoms with Crippen molar-refractivity contribution in [3.8, 4) is 5.75 Å². The van der Waals surface area contributed by atoms with Crippen LogP contribution < -0.4 is 4.74 Å². The SMILES string of the molecule is COc1ccc(CN2C[C@@H](O)COC[C@@H]3O[C@@H](CC(=O)N(C)C)CC[C@H]32)cc1. The normalized spacial score (nSPS) is 28.7. The molecule has 7 nitrogen and oxygen atoms in total. The second-order valence-corrected chi connectivity index (χ2v) is 7.90. The number of rotatable bonds is 5. The Kier molecular flexibility index (Phi) is 7.29. The summed E-state index contributed by atoms with van der Waals surface area (Å²) in [7, 11) is 5.20. The number of hydrogen-bond acceptors (Lipinski definition) is 6. The van der Waals surface area contributed by atoms with Gasteiger partial charge in [-0.3, -0.25) is 9.69 Å². The number of β-amino-alcohol motifs (C(OH)–C–C–N with tert-alkyl or cyclic N) is 1. The second kappa shape index (κ2) is 9.69. The summed E-state index contributed by atoms with van der Waals surface area (Å²) in [6.07, 6.45) is 1.45. The lowest BCUT2D eigenvalue weighted by Gasteiger charge is -2.44. The van der Waals surface area contributed by atoms with E-state index >= 15 is 0 Å². The minimum atomic E-state index is -0.521. The van der Waals surface area contributed by atoms with Gasteiger partial charge in [-0.25, -0.2) is 0 Å². The summed E-state index contributed by atoms with van der Waals surface area (Å²) in [5.74, 6) is 0.915. The number of amides is 1. The van der Waals surface area contributed by atoms with Crippen LogP contribution >= 0.6 is 0 Å². The van der Waals surface area contributed by atoms with Gasteiger partial charge in [-0.05, 0) is 30.5 Å². The summed E-state index contributed by atoms with van der Waals surface area (Å²) in [5.41, 5.74) is 1.16. The molecule has 1 aromatic carbocycles. The fraction of sp³-hybridized carbons (Fsp3) is 0.667. The maximum absolute atomic E-state index is 12.1.